The van der Waals surface area contributed by atoms with Crippen molar-refractivity contribution in [3.63, 3.8) is 0 Å². The lowest BCUT2D eigenvalue weighted by Gasteiger charge is -2.27. The van der Waals surface area contributed by atoms with E-state index in [-0.39, 0.29) is 30.4 Å². The van der Waals surface area contributed by atoms with Crippen LogP contribution in [0.3, 0.4) is 0 Å². The first kappa shape index (κ1) is 20.3. The van der Waals surface area contributed by atoms with Gasteiger partial charge in [0.25, 0.3) is 5.56 Å². The van der Waals surface area contributed by atoms with Crippen molar-refractivity contribution >= 4 is 17.5 Å². The maximum absolute atomic E-state index is 12.5. The van der Waals surface area contributed by atoms with Crippen LogP contribution in [0.4, 0.5) is 11.5 Å². The van der Waals surface area contributed by atoms with E-state index in [1.807, 2.05) is 44.2 Å². The number of nitrogens with zero attached hydrogens (tertiary/aromatic N) is 2. The van der Waals surface area contributed by atoms with Gasteiger partial charge in [-0.2, -0.15) is 0 Å². The Bertz CT molecular complexity index is 887. The van der Waals surface area contributed by atoms with E-state index in [0.29, 0.717) is 19.5 Å². The molecule has 27 heavy (non-hydrogen) atoms. The summed E-state index contributed by atoms with van der Waals surface area (Å²) >= 11 is 0. The van der Waals surface area contributed by atoms with Gasteiger partial charge in [-0.15, -0.1) is 0 Å². The van der Waals surface area contributed by atoms with Crippen molar-refractivity contribution in [2.24, 2.45) is 5.92 Å². The van der Waals surface area contributed by atoms with Gasteiger partial charge in [0, 0.05) is 19.5 Å². The molecule has 4 N–H and O–H groups in total. The Morgan fingerprint density at radius 3 is 2.52 bits per heavy atom. The summed E-state index contributed by atoms with van der Waals surface area (Å²) in [4.78, 5) is 39.7. The van der Waals surface area contributed by atoms with Gasteiger partial charge in [-0.05, 0) is 17.9 Å². The Hall–Kier alpha value is -3.03. The predicted octanol–water partition coefficient (Wildman–Crippen LogP) is 1.49. The summed E-state index contributed by atoms with van der Waals surface area (Å²) in [5.41, 5.74) is 6.19. The fourth-order valence-electron chi connectivity index (χ4n) is 2.96. The summed E-state index contributed by atoms with van der Waals surface area (Å²) in [6.45, 7) is 5.11. The van der Waals surface area contributed by atoms with Gasteiger partial charge in [0.2, 0.25) is 0 Å². The van der Waals surface area contributed by atoms with Gasteiger partial charge in [0.15, 0.2) is 0 Å². The highest BCUT2D eigenvalue weighted by Crippen LogP contribution is 2.19. The van der Waals surface area contributed by atoms with Gasteiger partial charge in [-0.1, -0.05) is 44.2 Å². The number of nitrogens with one attached hydrogen (secondary N) is 1. The Morgan fingerprint density at radius 2 is 1.93 bits per heavy atom. The number of anilines is 2. The molecule has 2 rings (SSSR count). The molecule has 146 valence electrons. The second-order valence-electron chi connectivity index (χ2n) is 6.90. The zero-order chi connectivity index (χ0) is 20.0. The van der Waals surface area contributed by atoms with Crippen molar-refractivity contribution in [2.75, 3.05) is 23.7 Å². The van der Waals surface area contributed by atoms with Crippen LogP contribution >= 0.6 is 0 Å². The number of aromatic amines is 1. The largest absolute Gasteiger partial charge is 0.481 e. The van der Waals surface area contributed by atoms with E-state index in [4.69, 9.17) is 10.8 Å². The molecule has 0 saturated carbocycles. The average molecular weight is 374 g/mol. The molecule has 8 heteroatoms. The molecule has 2 aromatic rings. The third-order valence-corrected chi connectivity index (χ3v) is 4.12. The smallest absolute Gasteiger partial charge is 0.330 e. The zero-order valence-electron chi connectivity index (χ0n) is 15.6. The summed E-state index contributed by atoms with van der Waals surface area (Å²) in [6.07, 6.45) is 0.370. The van der Waals surface area contributed by atoms with Gasteiger partial charge in [0.05, 0.1) is 6.54 Å². The van der Waals surface area contributed by atoms with E-state index in [2.05, 4.69) is 4.98 Å². The topological polar surface area (TPSA) is 121 Å². The standard InChI is InChI=1S/C19H26N4O4/c1-13(2)11-22(10-6-9-15(24)25)16-17(20)23(19(27)21-18(16)26)12-14-7-4-3-5-8-14/h3-5,7-8,13H,6,9-12,20H2,1-2H3,(H,24,25)(H,21,26,27). The Kier molecular flexibility index (Phi) is 6.81. The van der Waals surface area contributed by atoms with Crippen molar-refractivity contribution in [1.29, 1.82) is 0 Å². The Labute approximate surface area is 157 Å². The molecule has 0 aliphatic rings. The molecule has 1 aromatic carbocycles. The number of carboxylic acids is 1. The third-order valence-electron chi connectivity index (χ3n) is 4.12. The van der Waals surface area contributed by atoms with Crippen LogP contribution in [0.2, 0.25) is 0 Å². The highest BCUT2D eigenvalue weighted by molar-refractivity contribution is 5.67. The molecule has 1 heterocycles. The van der Waals surface area contributed by atoms with Gasteiger partial charge < -0.3 is 15.7 Å². The fourth-order valence-corrected chi connectivity index (χ4v) is 2.96. The molecule has 1 aromatic heterocycles. The minimum absolute atomic E-state index is 0.00391. The molecule has 0 atom stereocenters. The summed E-state index contributed by atoms with van der Waals surface area (Å²) in [5, 5.41) is 8.88. The number of aromatic nitrogens is 2. The molecule has 0 saturated heterocycles. The summed E-state index contributed by atoms with van der Waals surface area (Å²) in [7, 11) is 0. The van der Waals surface area contributed by atoms with Gasteiger partial charge >= 0.3 is 11.7 Å². The first-order chi connectivity index (χ1) is 12.8. The molecule has 0 aliphatic heterocycles. The van der Waals surface area contributed by atoms with Crippen LogP contribution in [0.15, 0.2) is 39.9 Å². The minimum atomic E-state index is -0.893. The van der Waals surface area contributed by atoms with Crippen molar-refractivity contribution in [2.45, 2.75) is 33.2 Å². The van der Waals surface area contributed by atoms with Crippen LogP contribution in [-0.2, 0) is 11.3 Å². The predicted molar refractivity (Wildman–Crippen MR) is 105 cm³/mol. The Morgan fingerprint density at radius 1 is 1.26 bits per heavy atom. The molecule has 8 nitrogen and oxygen atoms in total. The highest BCUT2D eigenvalue weighted by Gasteiger charge is 2.20. The minimum Gasteiger partial charge on any atom is -0.481 e. The number of nitrogens with two attached hydrogens (primary N) is 1. The van der Waals surface area contributed by atoms with E-state index in [1.54, 1.807) is 4.90 Å². The van der Waals surface area contributed by atoms with E-state index < -0.39 is 17.2 Å². The number of carbonyl (C=O) groups is 1. The van der Waals surface area contributed by atoms with Crippen molar-refractivity contribution < 1.29 is 9.90 Å². The first-order valence-electron chi connectivity index (χ1n) is 8.92. The second kappa shape index (κ2) is 9.07. The monoisotopic (exact) mass is 374 g/mol. The number of benzene rings is 1. The number of H-pyrrole nitrogens is 1. The van der Waals surface area contributed by atoms with E-state index >= 15 is 0 Å². The van der Waals surface area contributed by atoms with Crippen molar-refractivity contribution in [1.82, 2.24) is 9.55 Å². The fraction of sp³-hybridized carbons (Fsp3) is 0.421. The van der Waals surface area contributed by atoms with Crippen molar-refractivity contribution in [3.05, 3.63) is 56.7 Å². The second-order valence-corrected chi connectivity index (χ2v) is 6.90. The number of hydrogen-bond donors (Lipinski definition) is 3. The number of nitrogen functional groups attached to an aromatic ring is 1. The molecular formula is C19H26N4O4. The Balaban J connectivity index is 2.42. The molecule has 0 aliphatic carbocycles. The van der Waals surface area contributed by atoms with E-state index in [9.17, 15) is 14.4 Å². The van der Waals surface area contributed by atoms with E-state index in [1.165, 1.54) is 4.57 Å². The number of carboxylic acid groups (broad SMARTS) is 1. The van der Waals surface area contributed by atoms with Crippen LogP contribution in [0, 0.1) is 5.92 Å². The normalized spacial score (nSPS) is 10.9. The molecule has 0 amide bonds. The summed E-state index contributed by atoms with van der Waals surface area (Å²) in [5.74, 6) is -0.581. The van der Waals surface area contributed by atoms with Crippen LogP contribution < -0.4 is 21.9 Å². The third kappa shape index (κ3) is 5.47. The van der Waals surface area contributed by atoms with Gasteiger partial charge in [0.1, 0.15) is 11.5 Å². The lowest BCUT2D eigenvalue weighted by molar-refractivity contribution is -0.137. The van der Waals surface area contributed by atoms with Gasteiger partial charge in [-0.25, -0.2) is 4.79 Å². The number of hydrogen-bond acceptors (Lipinski definition) is 5. The summed E-state index contributed by atoms with van der Waals surface area (Å²) in [6, 6.07) is 9.34. The zero-order valence-corrected chi connectivity index (χ0v) is 15.6. The summed E-state index contributed by atoms with van der Waals surface area (Å²) < 4.78 is 1.33. The SMILES string of the molecule is CC(C)CN(CCCC(=O)O)c1c(N)n(Cc2ccccc2)c(=O)[nH]c1=O. The van der Waals surface area contributed by atoms with Crippen LogP contribution in [0.25, 0.3) is 0 Å². The maximum Gasteiger partial charge on any atom is 0.330 e. The lowest BCUT2D eigenvalue weighted by Crippen LogP contribution is -2.40. The lowest BCUT2D eigenvalue weighted by atomic mass is 10.1. The number of rotatable bonds is 9. The van der Waals surface area contributed by atoms with Crippen LogP contribution in [0.1, 0.15) is 32.3 Å². The first-order valence-corrected chi connectivity index (χ1v) is 8.92. The maximum atomic E-state index is 12.5. The molecule has 0 fully saturated rings. The molecular weight excluding hydrogens is 348 g/mol. The van der Waals surface area contributed by atoms with Crippen LogP contribution in [0.5, 0.6) is 0 Å². The van der Waals surface area contributed by atoms with Gasteiger partial charge in [-0.3, -0.25) is 19.1 Å². The number of aliphatic carboxylic acids is 1. The average Bonchev–Trinajstić information content (AvgIpc) is 2.58. The molecule has 0 radical (unpaired) electrons. The van der Waals surface area contributed by atoms with Crippen LogP contribution in [-0.4, -0.2) is 33.7 Å². The quantitative estimate of drug-likeness (QED) is 0.611. The molecule has 0 spiro atoms. The van der Waals surface area contributed by atoms with E-state index in [0.717, 1.165) is 5.56 Å². The highest BCUT2D eigenvalue weighted by atomic mass is 16.4. The molecule has 0 unspecified atom stereocenters. The van der Waals surface area contributed by atoms with Crippen molar-refractivity contribution in [3.8, 4) is 0 Å². The molecule has 0 bridgehead atoms.